The lowest BCUT2D eigenvalue weighted by Crippen LogP contribution is -2.41. The molecule has 3 aromatic rings. The molecule has 28 heavy (non-hydrogen) atoms. The summed E-state index contributed by atoms with van der Waals surface area (Å²) in [7, 11) is 1.56. The van der Waals surface area contributed by atoms with Crippen LogP contribution >= 0.6 is 0 Å². The molecule has 0 aliphatic heterocycles. The number of H-pyrrole nitrogens is 1. The molecule has 1 saturated carbocycles. The first-order valence-electron chi connectivity index (χ1n) is 9.23. The van der Waals surface area contributed by atoms with E-state index in [0.717, 1.165) is 11.1 Å². The monoisotopic (exact) mass is 378 g/mol. The normalized spacial score (nSPS) is 19.5. The summed E-state index contributed by atoms with van der Waals surface area (Å²) in [6.45, 7) is 0. The number of hydrogen-bond donors (Lipinski definition) is 3. The van der Waals surface area contributed by atoms with Crippen LogP contribution in [0.1, 0.15) is 34.8 Å². The molecule has 3 N–H and O–H groups in total. The van der Waals surface area contributed by atoms with Gasteiger partial charge in [0, 0.05) is 30.2 Å². The van der Waals surface area contributed by atoms with Crippen molar-refractivity contribution in [2.24, 2.45) is 5.92 Å². The standard InChI is InChI=1S/C21H22N4O3/c1-28-18-7-6-13(12-24-18)19(14-10-15(26)11-14)25-21(27)17-5-3-2-4-16(17)20-22-8-9-23-20/h2-9,12,14-15,19,26H,10-11H2,1H3,(H,22,23)(H,25,27). The quantitative estimate of drug-likeness (QED) is 0.612. The minimum Gasteiger partial charge on any atom is -0.481 e. The first-order chi connectivity index (χ1) is 13.7. The summed E-state index contributed by atoms with van der Waals surface area (Å²) in [4.78, 5) is 24.7. The zero-order chi connectivity index (χ0) is 19.5. The molecule has 1 aliphatic carbocycles. The fraction of sp³-hybridized carbons (Fsp3) is 0.286. The number of benzene rings is 1. The van der Waals surface area contributed by atoms with E-state index < -0.39 is 0 Å². The predicted molar refractivity (Wildman–Crippen MR) is 104 cm³/mol. The van der Waals surface area contributed by atoms with E-state index >= 15 is 0 Å². The van der Waals surface area contributed by atoms with E-state index in [2.05, 4.69) is 20.3 Å². The number of imidazole rings is 1. The highest BCUT2D eigenvalue weighted by atomic mass is 16.5. The second kappa shape index (κ2) is 7.82. The zero-order valence-electron chi connectivity index (χ0n) is 15.5. The number of aliphatic hydroxyl groups is 1. The number of amides is 1. The van der Waals surface area contributed by atoms with Gasteiger partial charge in [-0.3, -0.25) is 4.79 Å². The minimum absolute atomic E-state index is 0.157. The molecular weight excluding hydrogens is 356 g/mol. The van der Waals surface area contributed by atoms with Crippen LogP contribution in [0.25, 0.3) is 11.4 Å². The summed E-state index contributed by atoms with van der Waals surface area (Å²) < 4.78 is 5.13. The SMILES string of the molecule is COc1ccc(C(NC(=O)c2ccccc2-c2ncc[nH]2)C2CC(O)C2)cn1. The van der Waals surface area contributed by atoms with Crippen LogP contribution in [0.5, 0.6) is 5.88 Å². The Hall–Kier alpha value is -3.19. The van der Waals surface area contributed by atoms with Crippen molar-refractivity contribution in [3.05, 3.63) is 66.1 Å². The van der Waals surface area contributed by atoms with Gasteiger partial charge in [0.15, 0.2) is 0 Å². The van der Waals surface area contributed by atoms with Crippen LogP contribution in [0.4, 0.5) is 0 Å². The number of pyridine rings is 1. The highest BCUT2D eigenvalue weighted by molar-refractivity contribution is 6.00. The summed E-state index contributed by atoms with van der Waals surface area (Å²) >= 11 is 0. The molecule has 0 spiro atoms. The second-order valence-electron chi connectivity index (χ2n) is 6.95. The molecule has 0 bridgehead atoms. The maximum atomic E-state index is 13.1. The van der Waals surface area contributed by atoms with Gasteiger partial charge in [0.05, 0.1) is 24.8 Å². The summed E-state index contributed by atoms with van der Waals surface area (Å²) in [5, 5.41) is 12.9. The van der Waals surface area contributed by atoms with Crippen LogP contribution in [-0.4, -0.2) is 39.2 Å². The summed E-state index contributed by atoms with van der Waals surface area (Å²) in [5.74, 6) is 1.14. The highest BCUT2D eigenvalue weighted by Crippen LogP contribution is 2.38. The minimum atomic E-state index is -0.314. The number of rotatable bonds is 6. The summed E-state index contributed by atoms with van der Waals surface area (Å²) in [6.07, 6.45) is 6.09. The van der Waals surface area contributed by atoms with Crippen LogP contribution in [0, 0.1) is 5.92 Å². The average Bonchev–Trinajstić information content (AvgIpc) is 3.25. The number of nitrogens with zero attached hydrogens (tertiary/aromatic N) is 2. The molecule has 1 amide bonds. The lowest BCUT2D eigenvalue weighted by Gasteiger charge is -2.38. The van der Waals surface area contributed by atoms with Crippen molar-refractivity contribution in [1.29, 1.82) is 0 Å². The molecule has 1 fully saturated rings. The van der Waals surface area contributed by atoms with Gasteiger partial charge >= 0.3 is 0 Å². The third kappa shape index (κ3) is 3.61. The average molecular weight is 378 g/mol. The fourth-order valence-electron chi connectivity index (χ4n) is 3.59. The van der Waals surface area contributed by atoms with Gasteiger partial charge in [0.25, 0.3) is 5.91 Å². The first kappa shape index (κ1) is 18.2. The van der Waals surface area contributed by atoms with E-state index in [1.54, 1.807) is 37.8 Å². The number of carbonyl (C=O) groups is 1. The lowest BCUT2D eigenvalue weighted by atomic mass is 9.75. The van der Waals surface area contributed by atoms with Crippen molar-refractivity contribution >= 4 is 5.91 Å². The first-order valence-corrected chi connectivity index (χ1v) is 9.23. The molecule has 4 rings (SSSR count). The molecule has 7 heteroatoms. The number of aromatic nitrogens is 3. The molecule has 144 valence electrons. The van der Waals surface area contributed by atoms with Crippen LogP contribution in [0.2, 0.25) is 0 Å². The Kier molecular flexibility index (Phi) is 5.08. The molecule has 1 unspecified atom stereocenters. The van der Waals surface area contributed by atoms with E-state index in [-0.39, 0.29) is 24.0 Å². The second-order valence-corrected chi connectivity index (χ2v) is 6.95. The fourth-order valence-corrected chi connectivity index (χ4v) is 3.59. The number of nitrogens with one attached hydrogen (secondary N) is 2. The van der Waals surface area contributed by atoms with Crippen molar-refractivity contribution in [3.8, 4) is 17.3 Å². The Morgan fingerprint density at radius 1 is 1.25 bits per heavy atom. The molecule has 0 radical (unpaired) electrons. The zero-order valence-corrected chi connectivity index (χ0v) is 15.5. The van der Waals surface area contributed by atoms with Gasteiger partial charge in [-0.25, -0.2) is 9.97 Å². The summed E-state index contributed by atoms with van der Waals surface area (Å²) in [5.41, 5.74) is 2.18. The largest absolute Gasteiger partial charge is 0.481 e. The Labute approximate surface area is 162 Å². The number of carbonyl (C=O) groups excluding carboxylic acids is 1. The Morgan fingerprint density at radius 3 is 2.71 bits per heavy atom. The molecular formula is C21H22N4O3. The summed E-state index contributed by atoms with van der Waals surface area (Å²) in [6, 6.07) is 10.8. The van der Waals surface area contributed by atoms with Gasteiger partial charge in [-0.1, -0.05) is 24.3 Å². The lowest BCUT2D eigenvalue weighted by molar-refractivity contribution is 0.0234. The predicted octanol–water partition coefficient (Wildman–Crippen LogP) is 2.72. The van der Waals surface area contributed by atoms with Crippen molar-refractivity contribution < 1.29 is 14.6 Å². The van der Waals surface area contributed by atoms with Gasteiger partial charge in [-0.15, -0.1) is 0 Å². The van der Waals surface area contributed by atoms with Crippen LogP contribution in [0.15, 0.2) is 55.0 Å². The van der Waals surface area contributed by atoms with Gasteiger partial charge in [-0.2, -0.15) is 0 Å². The number of methoxy groups -OCH3 is 1. The Bertz CT molecular complexity index is 935. The van der Waals surface area contributed by atoms with Crippen molar-refractivity contribution in [3.63, 3.8) is 0 Å². The number of aromatic amines is 1. The van der Waals surface area contributed by atoms with Crippen LogP contribution < -0.4 is 10.1 Å². The third-order valence-electron chi connectivity index (χ3n) is 5.16. The Balaban J connectivity index is 1.61. The highest BCUT2D eigenvalue weighted by Gasteiger charge is 2.36. The maximum Gasteiger partial charge on any atom is 0.252 e. The molecule has 7 nitrogen and oxygen atoms in total. The molecule has 1 aliphatic rings. The Morgan fingerprint density at radius 2 is 2.07 bits per heavy atom. The van der Waals surface area contributed by atoms with E-state index in [9.17, 15) is 9.90 Å². The van der Waals surface area contributed by atoms with E-state index in [1.807, 2.05) is 24.3 Å². The van der Waals surface area contributed by atoms with E-state index in [1.165, 1.54) is 0 Å². The van der Waals surface area contributed by atoms with E-state index in [0.29, 0.717) is 30.1 Å². The van der Waals surface area contributed by atoms with Gasteiger partial charge in [-0.05, 0) is 30.4 Å². The van der Waals surface area contributed by atoms with E-state index in [4.69, 9.17) is 4.74 Å². The smallest absolute Gasteiger partial charge is 0.252 e. The van der Waals surface area contributed by atoms with Crippen LogP contribution in [-0.2, 0) is 0 Å². The number of ether oxygens (including phenoxy) is 1. The van der Waals surface area contributed by atoms with Crippen molar-refractivity contribution in [2.45, 2.75) is 25.0 Å². The number of aliphatic hydroxyl groups excluding tert-OH is 1. The molecule has 0 saturated heterocycles. The third-order valence-corrected chi connectivity index (χ3v) is 5.16. The molecule has 1 atom stereocenters. The maximum absolute atomic E-state index is 13.1. The van der Waals surface area contributed by atoms with Crippen molar-refractivity contribution in [1.82, 2.24) is 20.3 Å². The van der Waals surface area contributed by atoms with Crippen LogP contribution in [0.3, 0.4) is 0 Å². The van der Waals surface area contributed by atoms with Crippen molar-refractivity contribution in [2.75, 3.05) is 7.11 Å². The molecule has 1 aromatic carbocycles. The molecule has 2 aromatic heterocycles. The molecule has 2 heterocycles. The number of hydrogen-bond acceptors (Lipinski definition) is 5. The van der Waals surface area contributed by atoms with Gasteiger partial charge in [0.1, 0.15) is 5.82 Å². The van der Waals surface area contributed by atoms with Gasteiger partial charge < -0.3 is 20.1 Å². The topological polar surface area (TPSA) is 100 Å². The van der Waals surface area contributed by atoms with Gasteiger partial charge in [0.2, 0.25) is 5.88 Å².